The molecule has 2 atom stereocenters. The molecule has 158 valence electrons. The van der Waals surface area contributed by atoms with Crippen LogP contribution < -0.4 is 10.6 Å². The lowest BCUT2D eigenvalue weighted by molar-refractivity contribution is -0.125. The largest absolute Gasteiger partial charge is 0.352 e. The second-order valence-electron chi connectivity index (χ2n) is 7.88. The van der Waals surface area contributed by atoms with Gasteiger partial charge in [-0.15, -0.1) is 0 Å². The highest BCUT2D eigenvalue weighted by Gasteiger charge is 2.34. The van der Waals surface area contributed by atoms with E-state index < -0.39 is 6.04 Å². The standard InChI is InChI=1S/C24H29N3O3/c1-4-17(3)25-23(29)21-12-7-13-27(21)24(30)19-10-6-11-20(15-19)26-22(28)18-9-5-8-16(2)14-18/h5-6,8-11,14-15,17,21H,4,7,12-13H2,1-3H3,(H,25,29)(H,26,28). The predicted octanol–water partition coefficient (Wildman–Crippen LogP) is 3.77. The molecular formula is C24H29N3O3. The molecule has 2 N–H and O–H groups in total. The Morgan fingerprint density at radius 3 is 2.57 bits per heavy atom. The number of nitrogens with one attached hydrogen (secondary N) is 2. The molecule has 2 aromatic rings. The molecule has 3 rings (SSSR count). The fourth-order valence-corrected chi connectivity index (χ4v) is 3.61. The van der Waals surface area contributed by atoms with E-state index in [1.165, 1.54) is 0 Å². The van der Waals surface area contributed by atoms with Gasteiger partial charge in [-0.05, 0) is 63.4 Å². The van der Waals surface area contributed by atoms with Crippen LogP contribution in [0.15, 0.2) is 48.5 Å². The summed E-state index contributed by atoms with van der Waals surface area (Å²) < 4.78 is 0. The van der Waals surface area contributed by atoms with Crippen molar-refractivity contribution < 1.29 is 14.4 Å². The third kappa shape index (κ3) is 5.06. The molecule has 2 unspecified atom stereocenters. The maximum atomic E-state index is 13.1. The Hall–Kier alpha value is -3.15. The maximum Gasteiger partial charge on any atom is 0.255 e. The van der Waals surface area contributed by atoms with Gasteiger partial charge in [-0.25, -0.2) is 0 Å². The Labute approximate surface area is 177 Å². The Bertz CT molecular complexity index is 941. The summed E-state index contributed by atoms with van der Waals surface area (Å²) in [7, 11) is 0. The summed E-state index contributed by atoms with van der Waals surface area (Å²) in [6.07, 6.45) is 2.31. The zero-order valence-electron chi connectivity index (χ0n) is 17.8. The number of benzene rings is 2. The third-order valence-corrected chi connectivity index (χ3v) is 5.46. The lowest BCUT2D eigenvalue weighted by atomic mass is 10.1. The SMILES string of the molecule is CCC(C)NC(=O)C1CCCN1C(=O)c1cccc(NC(=O)c2cccc(C)c2)c1. The summed E-state index contributed by atoms with van der Waals surface area (Å²) in [5, 5.41) is 5.83. The quantitative estimate of drug-likeness (QED) is 0.765. The zero-order chi connectivity index (χ0) is 21.7. The van der Waals surface area contributed by atoms with Gasteiger partial charge < -0.3 is 15.5 Å². The second kappa shape index (κ2) is 9.57. The van der Waals surface area contributed by atoms with Crippen molar-refractivity contribution in [3.05, 3.63) is 65.2 Å². The van der Waals surface area contributed by atoms with Crippen LogP contribution in [-0.2, 0) is 4.79 Å². The van der Waals surface area contributed by atoms with E-state index in [0.29, 0.717) is 29.8 Å². The third-order valence-electron chi connectivity index (χ3n) is 5.46. The average molecular weight is 408 g/mol. The molecule has 1 fully saturated rings. The number of rotatable bonds is 6. The second-order valence-corrected chi connectivity index (χ2v) is 7.88. The molecule has 0 radical (unpaired) electrons. The number of nitrogens with zero attached hydrogens (tertiary/aromatic N) is 1. The summed E-state index contributed by atoms with van der Waals surface area (Å²) in [6.45, 7) is 6.45. The molecule has 1 heterocycles. The lowest BCUT2D eigenvalue weighted by Gasteiger charge is -2.25. The fraction of sp³-hybridized carbons (Fsp3) is 0.375. The van der Waals surface area contributed by atoms with Crippen LogP contribution in [0.4, 0.5) is 5.69 Å². The molecule has 1 aliphatic rings. The first-order valence-electron chi connectivity index (χ1n) is 10.5. The van der Waals surface area contributed by atoms with Gasteiger partial charge in [0.05, 0.1) is 0 Å². The highest BCUT2D eigenvalue weighted by Crippen LogP contribution is 2.22. The molecule has 0 aromatic heterocycles. The van der Waals surface area contributed by atoms with E-state index in [2.05, 4.69) is 10.6 Å². The van der Waals surface area contributed by atoms with Crippen molar-refractivity contribution in [3.63, 3.8) is 0 Å². The Kier molecular flexibility index (Phi) is 6.87. The van der Waals surface area contributed by atoms with Crippen LogP contribution in [0.3, 0.4) is 0 Å². The number of amides is 3. The van der Waals surface area contributed by atoms with E-state index in [1.807, 2.05) is 39.0 Å². The van der Waals surface area contributed by atoms with Gasteiger partial charge in [0, 0.05) is 29.4 Å². The molecule has 0 saturated carbocycles. The van der Waals surface area contributed by atoms with Gasteiger partial charge in [0.1, 0.15) is 6.04 Å². The van der Waals surface area contributed by atoms with E-state index in [0.717, 1.165) is 18.4 Å². The molecule has 2 aromatic carbocycles. The van der Waals surface area contributed by atoms with Crippen LogP contribution in [0.2, 0.25) is 0 Å². The number of hydrogen-bond donors (Lipinski definition) is 2. The minimum Gasteiger partial charge on any atom is -0.352 e. The molecule has 30 heavy (non-hydrogen) atoms. The number of likely N-dealkylation sites (tertiary alicyclic amines) is 1. The van der Waals surface area contributed by atoms with E-state index in [-0.39, 0.29) is 23.8 Å². The van der Waals surface area contributed by atoms with E-state index in [4.69, 9.17) is 0 Å². The zero-order valence-corrected chi connectivity index (χ0v) is 17.8. The molecular weight excluding hydrogens is 378 g/mol. The molecule has 3 amide bonds. The molecule has 1 aliphatic heterocycles. The van der Waals surface area contributed by atoms with Crippen LogP contribution in [0.5, 0.6) is 0 Å². The summed E-state index contributed by atoms with van der Waals surface area (Å²) >= 11 is 0. The Balaban J connectivity index is 1.72. The summed E-state index contributed by atoms with van der Waals surface area (Å²) in [6, 6.07) is 13.8. The minimum absolute atomic E-state index is 0.0789. The first kappa shape index (κ1) is 21.6. The first-order valence-corrected chi connectivity index (χ1v) is 10.5. The van der Waals surface area contributed by atoms with E-state index >= 15 is 0 Å². The van der Waals surface area contributed by atoms with Crippen molar-refractivity contribution in [1.82, 2.24) is 10.2 Å². The summed E-state index contributed by atoms with van der Waals surface area (Å²) in [5.41, 5.74) is 2.57. The van der Waals surface area contributed by atoms with E-state index in [1.54, 1.807) is 35.2 Å². The van der Waals surface area contributed by atoms with Crippen LogP contribution in [-0.4, -0.2) is 41.2 Å². The van der Waals surface area contributed by atoms with Gasteiger partial charge in [0.25, 0.3) is 11.8 Å². The number of carbonyl (C=O) groups is 3. The molecule has 0 aliphatic carbocycles. The van der Waals surface area contributed by atoms with Crippen molar-refractivity contribution in [2.45, 2.75) is 52.1 Å². The summed E-state index contributed by atoms with van der Waals surface area (Å²) in [4.78, 5) is 39.9. The minimum atomic E-state index is -0.447. The highest BCUT2D eigenvalue weighted by atomic mass is 16.2. The average Bonchev–Trinajstić information content (AvgIpc) is 3.23. The van der Waals surface area contributed by atoms with Crippen molar-refractivity contribution in [2.24, 2.45) is 0 Å². The van der Waals surface area contributed by atoms with Gasteiger partial charge in [-0.2, -0.15) is 0 Å². The van der Waals surface area contributed by atoms with Gasteiger partial charge >= 0.3 is 0 Å². The topological polar surface area (TPSA) is 78.5 Å². The van der Waals surface area contributed by atoms with Crippen LogP contribution in [0.25, 0.3) is 0 Å². The molecule has 0 spiro atoms. The van der Waals surface area contributed by atoms with Gasteiger partial charge in [-0.1, -0.05) is 30.7 Å². The van der Waals surface area contributed by atoms with Gasteiger partial charge in [0.2, 0.25) is 5.91 Å². The van der Waals surface area contributed by atoms with Crippen LogP contribution >= 0.6 is 0 Å². The normalized spacial score (nSPS) is 16.8. The fourth-order valence-electron chi connectivity index (χ4n) is 3.61. The van der Waals surface area contributed by atoms with Crippen molar-refractivity contribution in [3.8, 4) is 0 Å². The van der Waals surface area contributed by atoms with Crippen molar-refractivity contribution in [2.75, 3.05) is 11.9 Å². The number of aryl methyl sites for hydroxylation is 1. The monoisotopic (exact) mass is 407 g/mol. The predicted molar refractivity (Wildman–Crippen MR) is 118 cm³/mol. The Morgan fingerprint density at radius 2 is 1.83 bits per heavy atom. The first-order chi connectivity index (χ1) is 14.4. The molecule has 1 saturated heterocycles. The van der Waals surface area contributed by atoms with Crippen molar-refractivity contribution >= 4 is 23.4 Å². The smallest absolute Gasteiger partial charge is 0.255 e. The number of carbonyl (C=O) groups excluding carboxylic acids is 3. The maximum absolute atomic E-state index is 13.1. The lowest BCUT2D eigenvalue weighted by Crippen LogP contribution is -2.48. The van der Waals surface area contributed by atoms with E-state index in [9.17, 15) is 14.4 Å². The molecule has 0 bridgehead atoms. The van der Waals surface area contributed by atoms with Crippen LogP contribution in [0.1, 0.15) is 59.4 Å². The van der Waals surface area contributed by atoms with Gasteiger partial charge in [-0.3, -0.25) is 14.4 Å². The Morgan fingerprint density at radius 1 is 1.10 bits per heavy atom. The number of hydrogen-bond acceptors (Lipinski definition) is 3. The summed E-state index contributed by atoms with van der Waals surface area (Å²) in [5.74, 6) is -0.516. The van der Waals surface area contributed by atoms with Gasteiger partial charge in [0.15, 0.2) is 0 Å². The highest BCUT2D eigenvalue weighted by molar-refractivity contribution is 6.05. The van der Waals surface area contributed by atoms with Crippen LogP contribution in [0, 0.1) is 6.92 Å². The number of anilines is 1. The molecule has 6 heteroatoms. The van der Waals surface area contributed by atoms with Crippen molar-refractivity contribution in [1.29, 1.82) is 0 Å². The molecule has 6 nitrogen and oxygen atoms in total.